The zero-order chi connectivity index (χ0) is 19.7. The van der Waals surface area contributed by atoms with Gasteiger partial charge in [-0.25, -0.2) is 9.97 Å². The second-order valence-electron chi connectivity index (χ2n) is 7.77. The molecule has 0 spiro atoms. The molecule has 2 aromatic heterocycles. The topological polar surface area (TPSA) is 80.0 Å². The van der Waals surface area contributed by atoms with Gasteiger partial charge in [-0.1, -0.05) is 12.1 Å². The SMILES string of the molecule is Cc1ncc(-c2ccc3cnc(NC(=O)[C@H]4CC[C@H](CO)CC4)cc3c2)n1C. The van der Waals surface area contributed by atoms with Crippen molar-refractivity contribution in [2.75, 3.05) is 11.9 Å². The van der Waals surface area contributed by atoms with Gasteiger partial charge in [-0.3, -0.25) is 4.79 Å². The highest BCUT2D eigenvalue weighted by Crippen LogP contribution is 2.30. The van der Waals surface area contributed by atoms with Crippen LogP contribution in [0.5, 0.6) is 0 Å². The minimum Gasteiger partial charge on any atom is -0.396 e. The maximum atomic E-state index is 12.6. The number of amides is 1. The van der Waals surface area contributed by atoms with Crippen LogP contribution >= 0.6 is 0 Å². The summed E-state index contributed by atoms with van der Waals surface area (Å²) >= 11 is 0. The first-order valence-electron chi connectivity index (χ1n) is 9.85. The number of carbonyl (C=O) groups excluding carboxylic acids is 1. The number of fused-ring (bicyclic) bond motifs is 1. The number of aromatic nitrogens is 3. The van der Waals surface area contributed by atoms with E-state index < -0.39 is 0 Å². The number of benzene rings is 1. The molecule has 0 radical (unpaired) electrons. The van der Waals surface area contributed by atoms with Gasteiger partial charge >= 0.3 is 0 Å². The predicted molar refractivity (Wildman–Crippen MR) is 110 cm³/mol. The first-order valence-corrected chi connectivity index (χ1v) is 9.85. The fraction of sp³-hybridized carbons (Fsp3) is 0.409. The van der Waals surface area contributed by atoms with Crippen LogP contribution in [-0.4, -0.2) is 32.2 Å². The molecule has 0 aliphatic heterocycles. The lowest BCUT2D eigenvalue weighted by Crippen LogP contribution is -2.28. The summed E-state index contributed by atoms with van der Waals surface area (Å²) in [6.45, 7) is 2.20. The molecule has 1 aromatic carbocycles. The molecule has 6 heteroatoms. The van der Waals surface area contributed by atoms with E-state index in [0.717, 1.165) is 53.5 Å². The van der Waals surface area contributed by atoms with Crippen LogP contribution in [0.2, 0.25) is 0 Å². The first-order chi connectivity index (χ1) is 13.5. The summed E-state index contributed by atoms with van der Waals surface area (Å²) in [5.74, 6) is 1.93. The third-order valence-corrected chi connectivity index (χ3v) is 5.96. The van der Waals surface area contributed by atoms with Crippen LogP contribution in [0.3, 0.4) is 0 Å². The highest BCUT2D eigenvalue weighted by Gasteiger charge is 2.26. The highest BCUT2D eigenvalue weighted by atomic mass is 16.3. The van der Waals surface area contributed by atoms with E-state index in [1.165, 1.54) is 0 Å². The van der Waals surface area contributed by atoms with E-state index in [2.05, 4.69) is 32.0 Å². The molecule has 1 amide bonds. The number of nitrogens with zero attached hydrogens (tertiary/aromatic N) is 3. The molecule has 0 atom stereocenters. The summed E-state index contributed by atoms with van der Waals surface area (Å²) in [6.07, 6.45) is 7.15. The van der Waals surface area contributed by atoms with E-state index in [0.29, 0.717) is 11.7 Å². The molecule has 28 heavy (non-hydrogen) atoms. The number of anilines is 1. The third kappa shape index (κ3) is 3.64. The van der Waals surface area contributed by atoms with Crippen molar-refractivity contribution in [3.63, 3.8) is 0 Å². The summed E-state index contributed by atoms with van der Waals surface area (Å²) < 4.78 is 2.06. The van der Waals surface area contributed by atoms with Crippen LogP contribution in [0.25, 0.3) is 22.0 Å². The second kappa shape index (κ2) is 7.72. The monoisotopic (exact) mass is 378 g/mol. The second-order valence-corrected chi connectivity index (χ2v) is 7.77. The Morgan fingerprint density at radius 2 is 1.93 bits per heavy atom. The maximum Gasteiger partial charge on any atom is 0.228 e. The van der Waals surface area contributed by atoms with Crippen molar-refractivity contribution in [3.8, 4) is 11.3 Å². The molecule has 1 fully saturated rings. The Labute approximate surface area is 164 Å². The number of hydrogen-bond donors (Lipinski definition) is 2. The number of aliphatic hydroxyl groups excluding tert-OH is 1. The van der Waals surface area contributed by atoms with Crippen LogP contribution in [0.1, 0.15) is 31.5 Å². The number of imidazole rings is 1. The van der Waals surface area contributed by atoms with E-state index in [9.17, 15) is 9.90 Å². The molecule has 1 aliphatic carbocycles. The summed E-state index contributed by atoms with van der Waals surface area (Å²) in [5.41, 5.74) is 2.14. The minimum atomic E-state index is 0.00375. The van der Waals surface area contributed by atoms with Crippen LogP contribution in [-0.2, 0) is 11.8 Å². The summed E-state index contributed by atoms with van der Waals surface area (Å²) in [6, 6.07) is 8.15. The van der Waals surface area contributed by atoms with Crippen molar-refractivity contribution < 1.29 is 9.90 Å². The maximum absolute atomic E-state index is 12.6. The molecule has 0 saturated heterocycles. The number of aryl methyl sites for hydroxylation is 1. The van der Waals surface area contributed by atoms with Gasteiger partial charge in [0.1, 0.15) is 11.6 Å². The molecule has 2 heterocycles. The number of hydrogen-bond acceptors (Lipinski definition) is 4. The Bertz CT molecular complexity index is 1000. The van der Waals surface area contributed by atoms with Crippen LogP contribution in [0, 0.1) is 18.8 Å². The smallest absolute Gasteiger partial charge is 0.228 e. The Morgan fingerprint density at radius 3 is 2.61 bits per heavy atom. The Balaban J connectivity index is 1.54. The van der Waals surface area contributed by atoms with E-state index in [-0.39, 0.29) is 18.4 Å². The predicted octanol–water partition coefficient (Wildman–Crippen LogP) is 3.68. The largest absolute Gasteiger partial charge is 0.396 e. The van der Waals surface area contributed by atoms with Crippen molar-refractivity contribution in [3.05, 3.63) is 42.5 Å². The molecule has 0 unspecified atom stereocenters. The van der Waals surface area contributed by atoms with E-state index in [1.54, 1.807) is 6.20 Å². The molecular formula is C22H26N4O2. The van der Waals surface area contributed by atoms with Crippen LogP contribution in [0.4, 0.5) is 5.82 Å². The molecule has 4 rings (SSSR count). The van der Waals surface area contributed by atoms with Gasteiger partial charge in [0.05, 0.1) is 11.9 Å². The normalized spacial score (nSPS) is 19.7. The van der Waals surface area contributed by atoms with E-state index in [1.807, 2.05) is 32.3 Å². The molecule has 3 aromatic rings. The minimum absolute atomic E-state index is 0.00375. The van der Waals surface area contributed by atoms with Crippen molar-refractivity contribution in [1.29, 1.82) is 0 Å². The average Bonchev–Trinajstić information content (AvgIpc) is 3.06. The van der Waals surface area contributed by atoms with Gasteiger partial charge in [0.25, 0.3) is 0 Å². The first kappa shape index (κ1) is 18.6. The molecule has 2 N–H and O–H groups in total. The standard InChI is InChI=1S/C22H26N4O2/c1-14-23-12-20(26(14)2)17-7-8-18-11-24-21(10-19(18)9-17)25-22(28)16-5-3-15(13-27)4-6-16/h7-12,15-16,27H,3-6,13H2,1-2H3,(H,24,25,28)/t15-,16-. The lowest BCUT2D eigenvalue weighted by Gasteiger charge is -2.26. The zero-order valence-electron chi connectivity index (χ0n) is 16.4. The highest BCUT2D eigenvalue weighted by molar-refractivity contribution is 5.95. The van der Waals surface area contributed by atoms with E-state index in [4.69, 9.17) is 0 Å². The van der Waals surface area contributed by atoms with Crippen molar-refractivity contribution in [2.45, 2.75) is 32.6 Å². The Hall–Kier alpha value is -2.73. The molecule has 0 bridgehead atoms. The molecule has 6 nitrogen and oxygen atoms in total. The van der Waals surface area contributed by atoms with Gasteiger partial charge in [0.15, 0.2) is 0 Å². The van der Waals surface area contributed by atoms with Crippen LogP contribution in [0.15, 0.2) is 36.7 Å². The Morgan fingerprint density at radius 1 is 1.14 bits per heavy atom. The summed E-state index contributed by atoms with van der Waals surface area (Å²) in [5, 5.41) is 14.3. The number of carbonyl (C=O) groups is 1. The van der Waals surface area contributed by atoms with E-state index >= 15 is 0 Å². The fourth-order valence-corrected chi connectivity index (χ4v) is 3.97. The lowest BCUT2D eigenvalue weighted by atomic mass is 9.82. The quantitative estimate of drug-likeness (QED) is 0.726. The van der Waals surface area contributed by atoms with Gasteiger partial charge in [-0.15, -0.1) is 0 Å². The third-order valence-electron chi connectivity index (χ3n) is 5.96. The van der Waals surface area contributed by atoms with Crippen LogP contribution < -0.4 is 5.32 Å². The molecule has 1 aliphatic rings. The summed E-state index contributed by atoms with van der Waals surface area (Å²) in [7, 11) is 2.01. The Kier molecular flexibility index (Phi) is 5.13. The number of nitrogens with one attached hydrogen (secondary N) is 1. The molecular weight excluding hydrogens is 352 g/mol. The van der Waals surface area contributed by atoms with Crippen molar-refractivity contribution >= 4 is 22.5 Å². The fourth-order valence-electron chi connectivity index (χ4n) is 3.97. The van der Waals surface area contributed by atoms with Crippen molar-refractivity contribution in [2.24, 2.45) is 18.9 Å². The van der Waals surface area contributed by atoms with Crippen molar-refractivity contribution in [1.82, 2.24) is 14.5 Å². The number of rotatable bonds is 4. The van der Waals surface area contributed by atoms with Gasteiger partial charge in [-0.2, -0.15) is 0 Å². The molecule has 146 valence electrons. The zero-order valence-corrected chi connectivity index (χ0v) is 16.4. The number of pyridine rings is 1. The number of aliphatic hydroxyl groups is 1. The van der Waals surface area contributed by atoms with Gasteiger partial charge in [0.2, 0.25) is 5.91 Å². The van der Waals surface area contributed by atoms with Gasteiger partial charge < -0.3 is 15.0 Å². The average molecular weight is 378 g/mol. The lowest BCUT2D eigenvalue weighted by molar-refractivity contribution is -0.121. The van der Waals surface area contributed by atoms with Gasteiger partial charge in [0, 0.05) is 36.7 Å². The summed E-state index contributed by atoms with van der Waals surface area (Å²) in [4.78, 5) is 21.4. The molecule has 1 saturated carbocycles. The van der Waals surface area contributed by atoms with Gasteiger partial charge in [-0.05, 0) is 56.0 Å².